The highest BCUT2D eigenvalue weighted by Gasteiger charge is 2.19. The molecule has 0 fully saturated rings. The number of hydrogen-bond donors (Lipinski definition) is 0. The molecule has 2 nitrogen and oxygen atoms in total. The van der Waals surface area contributed by atoms with Crippen LogP contribution in [0.4, 0.5) is 5.69 Å². The molecule has 0 aliphatic carbocycles. The van der Waals surface area contributed by atoms with Crippen molar-refractivity contribution in [3.05, 3.63) is 29.3 Å². The molecule has 0 saturated heterocycles. The lowest BCUT2D eigenvalue weighted by molar-refractivity contribution is 0.112. The lowest BCUT2D eigenvalue weighted by Crippen LogP contribution is -2.18. The minimum absolute atomic E-state index is 0.855. The summed E-state index contributed by atoms with van der Waals surface area (Å²) >= 11 is 0. The highest BCUT2D eigenvalue weighted by atomic mass is 16.1. The first-order valence-electron chi connectivity index (χ1n) is 4.69. The molecule has 0 N–H and O–H groups in total. The second-order valence-electron chi connectivity index (χ2n) is 3.29. The van der Waals surface area contributed by atoms with Gasteiger partial charge in [-0.1, -0.05) is 12.1 Å². The second kappa shape index (κ2) is 3.21. The molecule has 2 heteroatoms. The van der Waals surface area contributed by atoms with Gasteiger partial charge in [-0.15, -0.1) is 0 Å². The molecular weight excluding hydrogens is 162 g/mol. The Labute approximate surface area is 78.2 Å². The maximum atomic E-state index is 10.7. The van der Waals surface area contributed by atoms with Gasteiger partial charge < -0.3 is 4.90 Å². The fourth-order valence-corrected chi connectivity index (χ4v) is 1.97. The van der Waals surface area contributed by atoms with E-state index in [2.05, 4.69) is 17.9 Å². The maximum Gasteiger partial charge on any atom is 0.150 e. The molecule has 1 heterocycles. The van der Waals surface area contributed by atoms with Crippen LogP contribution in [0.25, 0.3) is 0 Å². The Balaban J connectivity index is 2.48. The molecule has 1 aliphatic heterocycles. The Morgan fingerprint density at radius 1 is 1.54 bits per heavy atom. The van der Waals surface area contributed by atoms with Crippen LogP contribution >= 0.6 is 0 Å². The lowest BCUT2D eigenvalue weighted by atomic mass is 10.1. The average Bonchev–Trinajstić information content (AvgIpc) is 2.60. The zero-order valence-corrected chi connectivity index (χ0v) is 7.79. The number of carbonyl (C=O) groups excluding carboxylic acids is 1. The van der Waals surface area contributed by atoms with E-state index in [1.807, 2.05) is 12.1 Å². The van der Waals surface area contributed by atoms with Crippen molar-refractivity contribution >= 4 is 12.0 Å². The predicted octanol–water partition coefficient (Wildman–Crippen LogP) is 1.88. The monoisotopic (exact) mass is 175 g/mol. The Hall–Kier alpha value is -1.31. The molecule has 0 bridgehead atoms. The number of fused-ring (bicyclic) bond motifs is 1. The molecule has 1 aliphatic rings. The van der Waals surface area contributed by atoms with Crippen LogP contribution in [0.3, 0.4) is 0 Å². The molecule has 0 spiro atoms. The Morgan fingerprint density at radius 2 is 2.38 bits per heavy atom. The molecule has 1 aromatic rings. The maximum absolute atomic E-state index is 10.7. The summed E-state index contributed by atoms with van der Waals surface area (Å²) in [4.78, 5) is 13.1. The fourth-order valence-electron chi connectivity index (χ4n) is 1.97. The number of hydrogen-bond acceptors (Lipinski definition) is 2. The molecule has 13 heavy (non-hydrogen) atoms. The van der Waals surface area contributed by atoms with Crippen molar-refractivity contribution in [3.8, 4) is 0 Å². The van der Waals surface area contributed by atoms with Crippen LogP contribution in [-0.4, -0.2) is 19.4 Å². The van der Waals surface area contributed by atoms with E-state index >= 15 is 0 Å². The molecule has 2 rings (SSSR count). The first-order valence-corrected chi connectivity index (χ1v) is 4.69. The van der Waals surface area contributed by atoms with E-state index in [4.69, 9.17) is 0 Å². The summed E-state index contributed by atoms with van der Waals surface area (Å²) in [5, 5.41) is 0. The molecule has 0 saturated carbocycles. The Bertz CT molecular complexity index is 333. The number of likely N-dealkylation sites (N-methyl/N-ethyl adjacent to an activating group) is 1. The van der Waals surface area contributed by atoms with Crippen LogP contribution in [0.5, 0.6) is 0 Å². The van der Waals surface area contributed by atoms with Crippen LogP contribution in [-0.2, 0) is 6.42 Å². The van der Waals surface area contributed by atoms with Crippen molar-refractivity contribution in [2.75, 3.05) is 18.0 Å². The van der Waals surface area contributed by atoms with Gasteiger partial charge in [-0.2, -0.15) is 0 Å². The van der Waals surface area contributed by atoms with E-state index in [0.717, 1.165) is 31.4 Å². The standard InChI is InChI=1S/C11H13NO/c1-2-12-7-6-10-9(8-13)4-3-5-11(10)12/h3-5,8H,2,6-7H2,1H3. The third-order valence-corrected chi connectivity index (χ3v) is 2.67. The normalized spacial score (nSPS) is 14.4. The SMILES string of the molecule is CCN1CCc2c(C=O)cccc21. The van der Waals surface area contributed by atoms with Crippen molar-refractivity contribution in [3.63, 3.8) is 0 Å². The summed E-state index contributed by atoms with van der Waals surface area (Å²) in [5.41, 5.74) is 3.32. The van der Waals surface area contributed by atoms with Crippen LogP contribution in [0.15, 0.2) is 18.2 Å². The zero-order chi connectivity index (χ0) is 9.26. The fraction of sp³-hybridized carbons (Fsp3) is 0.364. The van der Waals surface area contributed by atoms with E-state index in [1.165, 1.54) is 11.3 Å². The van der Waals surface area contributed by atoms with Crippen LogP contribution in [0.2, 0.25) is 0 Å². The van der Waals surface area contributed by atoms with Gasteiger partial charge >= 0.3 is 0 Å². The van der Waals surface area contributed by atoms with Gasteiger partial charge in [0.15, 0.2) is 0 Å². The number of carbonyl (C=O) groups is 1. The summed E-state index contributed by atoms with van der Waals surface area (Å²) < 4.78 is 0. The number of anilines is 1. The Kier molecular flexibility index (Phi) is 2.05. The van der Waals surface area contributed by atoms with Crippen molar-refractivity contribution in [1.82, 2.24) is 0 Å². The number of nitrogens with zero attached hydrogens (tertiary/aromatic N) is 1. The minimum Gasteiger partial charge on any atom is -0.371 e. The van der Waals surface area contributed by atoms with E-state index in [-0.39, 0.29) is 0 Å². The van der Waals surface area contributed by atoms with Crippen molar-refractivity contribution in [2.45, 2.75) is 13.3 Å². The van der Waals surface area contributed by atoms with Gasteiger partial charge in [-0.05, 0) is 25.0 Å². The highest BCUT2D eigenvalue weighted by Crippen LogP contribution is 2.29. The van der Waals surface area contributed by atoms with E-state index < -0.39 is 0 Å². The van der Waals surface area contributed by atoms with Gasteiger partial charge in [0.25, 0.3) is 0 Å². The summed E-state index contributed by atoms with van der Waals surface area (Å²) in [6.07, 6.45) is 1.97. The van der Waals surface area contributed by atoms with Crippen LogP contribution < -0.4 is 4.90 Å². The predicted molar refractivity (Wildman–Crippen MR) is 53.4 cm³/mol. The number of rotatable bonds is 2. The van der Waals surface area contributed by atoms with Crippen molar-refractivity contribution < 1.29 is 4.79 Å². The quantitative estimate of drug-likeness (QED) is 0.640. The molecular formula is C11H13NO. The van der Waals surface area contributed by atoms with Gasteiger partial charge in [-0.25, -0.2) is 0 Å². The first kappa shape index (κ1) is 8.30. The molecule has 0 aromatic heterocycles. The Morgan fingerprint density at radius 3 is 3.08 bits per heavy atom. The van der Waals surface area contributed by atoms with Crippen molar-refractivity contribution in [2.24, 2.45) is 0 Å². The molecule has 0 radical (unpaired) electrons. The summed E-state index contributed by atoms with van der Waals surface area (Å²) in [6.45, 7) is 4.22. The third kappa shape index (κ3) is 1.22. The molecule has 0 amide bonds. The second-order valence-corrected chi connectivity index (χ2v) is 3.29. The lowest BCUT2D eigenvalue weighted by Gasteiger charge is -2.16. The largest absolute Gasteiger partial charge is 0.371 e. The smallest absolute Gasteiger partial charge is 0.150 e. The van der Waals surface area contributed by atoms with E-state index in [1.54, 1.807) is 0 Å². The van der Waals surface area contributed by atoms with Crippen molar-refractivity contribution in [1.29, 1.82) is 0 Å². The van der Waals surface area contributed by atoms with Gasteiger partial charge in [0.05, 0.1) is 0 Å². The molecule has 0 unspecified atom stereocenters. The summed E-state index contributed by atoms with van der Waals surface area (Å²) in [5.74, 6) is 0. The topological polar surface area (TPSA) is 20.3 Å². The number of aldehydes is 1. The van der Waals surface area contributed by atoms with E-state index in [9.17, 15) is 4.79 Å². The van der Waals surface area contributed by atoms with Gasteiger partial charge in [0, 0.05) is 24.3 Å². The summed E-state index contributed by atoms with van der Waals surface area (Å²) in [6, 6.07) is 5.94. The number of benzene rings is 1. The first-order chi connectivity index (χ1) is 6.36. The highest BCUT2D eigenvalue weighted by molar-refractivity contribution is 5.82. The van der Waals surface area contributed by atoms with Crippen LogP contribution in [0, 0.1) is 0 Å². The minimum atomic E-state index is 0.855. The van der Waals surface area contributed by atoms with Gasteiger partial charge in [0.2, 0.25) is 0 Å². The summed E-state index contributed by atoms with van der Waals surface area (Å²) in [7, 11) is 0. The van der Waals surface area contributed by atoms with Crippen LogP contribution in [0.1, 0.15) is 22.8 Å². The molecule has 1 aromatic carbocycles. The zero-order valence-electron chi connectivity index (χ0n) is 7.79. The third-order valence-electron chi connectivity index (χ3n) is 2.67. The van der Waals surface area contributed by atoms with E-state index in [0.29, 0.717) is 0 Å². The van der Waals surface area contributed by atoms with Gasteiger partial charge in [-0.3, -0.25) is 4.79 Å². The van der Waals surface area contributed by atoms with Gasteiger partial charge in [0.1, 0.15) is 6.29 Å². The average molecular weight is 175 g/mol. The molecule has 0 atom stereocenters. The molecule has 68 valence electrons.